The molecular weight excluding hydrogens is 222 g/mol. The molecule has 3 heteroatoms. The average Bonchev–Trinajstić information content (AvgIpc) is 2.25. The van der Waals surface area contributed by atoms with E-state index in [4.69, 9.17) is 16.3 Å². The van der Waals surface area contributed by atoms with Gasteiger partial charge in [0.15, 0.2) is 0 Å². The van der Waals surface area contributed by atoms with Crippen molar-refractivity contribution in [2.75, 3.05) is 13.7 Å². The summed E-state index contributed by atoms with van der Waals surface area (Å²) >= 11 is 6.16. The van der Waals surface area contributed by atoms with Crippen molar-refractivity contribution in [3.05, 3.63) is 34.9 Å². The van der Waals surface area contributed by atoms with Gasteiger partial charge in [0.25, 0.3) is 0 Å². The predicted molar refractivity (Wildman–Crippen MR) is 69.0 cm³/mol. The van der Waals surface area contributed by atoms with Crippen LogP contribution in [0.2, 0.25) is 5.02 Å². The minimum Gasteiger partial charge on any atom is -0.379 e. The molecule has 1 N–H and O–H groups in total. The second-order valence-electron chi connectivity index (χ2n) is 4.07. The SMILES string of the molecule is CNC(CCOC(C)C)c1ccccc1Cl. The van der Waals surface area contributed by atoms with Crippen LogP contribution < -0.4 is 5.32 Å². The van der Waals surface area contributed by atoms with Gasteiger partial charge in [0, 0.05) is 17.7 Å². The lowest BCUT2D eigenvalue weighted by molar-refractivity contribution is 0.0719. The van der Waals surface area contributed by atoms with Gasteiger partial charge in [-0.2, -0.15) is 0 Å². The van der Waals surface area contributed by atoms with Crippen LogP contribution in [0, 0.1) is 0 Å². The van der Waals surface area contributed by atoms with Gasteiger partial charge in [0.1, 0.15) is 0 Å². The van der Waals surface area contributed by atoms with Gasteiger partial charge >= 0.3 is 0 Å². The molecule has 0 aliphatic heterocycles. The molecule has 1 rings (SSSR count). The van der Waals surface area contributed by atoms with E-state index in [-0.39, 0.29) is 12.1 Å². The lowest BCUT2D eigenvalue weighted by atomic mass is 10.0. The van der Waals surface area contributed by atoms with Crippen molar-refractivity contribution in [3.63, 3.8) is 0 Å². The number of halogens is 1. The van der Waals surface area contributed by atoms with E-state index in [0.717, 1.165) is 23.6 Å². The maximum absolute atomic E-state index is 6.16. The zero-order valence-corrected chi connectivity index (χ0v) is 10.9. The molecule has 0 radical (unpaired) electrons. The van der Waals surface area contributed by atoms with E-state index in [9.17, 15) is 0 Å². The number of ether oxygens (including phenoxy) is 1. The van der Waals surface area contributed by atoms with Crippen LogP contribution in [0.15, 0.2) is 24.3 Å². The van der Waals surface area contributed by atoms with Gasteiger partial charge < -0.3 is 10.1 Å². The van der Waals surface area contributed by atoms with Gasteiger partial charge in [-0.15, -0.1) is 0 Å². The number of hydrogen-bond acceptors (Lipinski definition) is 2. The number of rotatable bonds is 6. The Hall–Kier alpha value is -0.570. The Labute approximate surface area is 103 Å². The van der Waals surface area contributed by atoms with Crippen LogP contribution in [-0.2, 0) is 4.74 Å². The van der Waals surface area contributed by atoms with Gasteiger partial charge in [0.2, 0.25) is 0 Å². The zero-order valence-electron chi connectivity index (χ0n) is 10.2. The minimum atomic E-state index is 0.257. The van der Waals surface area contributed by atoms with Crippen LogP contribution in [0.4, 0.5) is 0 Å². The van der Waals surface area contributed by atoms with Crippen LogP contribution >= 0.6 is 11.6 Å². The summed E-state index contributed by atoms with van der Waals surface area (Å²) in [6.45, 7) is 4.84. The lowest BCUT2D eigenvalue weighted by Crippen LogP contribution is -2.19. The molecule has 0 saturated heterocycles. The molecule has 0 saturated carbocycles. The summed E-state index contributed by atoms with van der Waals surface area (Å²) in [7, 11) is 1.95. The molecule has 1 aromatic carbocycles. The third-order valence-corrected chi connectivity index (χ3v) is 2.83. The molecule has 0 aliphatic rings. The summed E-state index contributed by atoms with van der Waals surface area (Å²) in [6, 6.07) is 8.19. The highest BCUT2D eigenvalue weighted by Gasteiger charge is 2.12. The van der Waals surface area contributed by atoms with Gasteiger partial charge in [-0.3, -0.25) is 0 Å². The van der Waals surface area contributed by atoms with Crippen LogP contribution in [-0.4, -0.2) is 19.8 Å². The van der Waals surface area contributed by atoms with Gasteiger partial charge in [-0.05, 0) is 38.9 Å². The van der Waals surface area contributed by atoms with Crippen molar-refractivity contribution in [1.29, 1.82) is 0 Å². The largest absolute Gasteiger partial charge is 0.379 e. The van der Waals surface area contributed by atoms with Crippen molar-refractivity contribution in [2.24, 2.45) is 0 Å². The van der Waals surface area contributed by atoms with Crippen molar-refractivity contribution < 1.29 is 4.74 Å². The summed E-state index contributed by atoms with van der Waals surface area (Å²) in [6.07, 6.45) is 1.21. The molecule has 0 spiro atoms. The fourth-order valence-electron chi connectivity index (χ4n) is 1.63. The Morgan fingerprint density at radius 3 is 2.56 bits per heavy atom. The monoisotopic (exact) mass is 241 g/mol. The molecule has 90 valence electrons. The highest BCUT2D eigenvalue weighted by atomic mass is 35.5. The molecule has 0 heterocycles. The first kappa shape index (κ1) is 13.5. The van der Waals surface area contributed by atoms with E-state index in [1.165, 1.54) is 0 Å². The van der Waals surface area contributed by atoms with Gasteiger partial charge in [-0.1, -0.05) is 29.8 Å². The zero-order chi connectivity index (χ0) is 12.0. The summed E-state index contributed by atoms with van der Waals surface area (Å²) in [5.74, 6) is 0. The Morgan fingerprint density at radius 1 is 1.31 bits per heavy atom. The molecule has 2 nitrogen and oxygen atoms in total. The standard InChI is InChI=1S/C13H20ClNO/c1-10(2)16-9-8-13(15-3)11-6-4-5-7-12(11)14/h4-7,10,13,15H,8-9H2,1-3H3. The van der Waals surface area contributed by atoms with E-state index < -0.39 is 0 Å². The van der Waals surface area contributed by atoms with Crippen LogP contribution in [0.5, 0.6) is 0 Å². The van der Waals surface area contributed by atoms with Crippen LogP contribution in [0.3, 0.4) is 0 Å². The Morgan fingerprint density at radius 2 is 2.00 bits per heavy atom. The first-order valence-corrected chi connectivity index (χ1v) is 6.06. The predicted octanol–water partition coefficient (Wildman–Crippen LogP) is 3.42. The van der Waals surface area contributed by atoms with Crippen molar-refractivity contribution in [2.45, 2.75) is 32.4 Å². The van der Waals surface area contributed by atoms with Crippen molar-refractivity contribution >= 4 is 11.6 Å². The van der Waals surface area contributed by atoms with Gasteiger partial charge in [0.05, 0.1) is 6.10 Å². The smallest absolute Gasteiger partial charge is 0.0518 e. The third-order valence-electron chi connectivity index (χ3n) is 2.49. The number of benzene rings is 1. The van der Waals surface area contributed by atoms with Crippen LogP contribution in [0.1, 0.15) is 31.9 Å². The Kier molecular flexibility index (Phi) is 5.81. The van der Waals surface area contributed by atoms with E-state index in [2.05, 4.69) is 11.4 Å². The first-order valence-electron chi connectivity index (χ1n) is 5.68. The second kappa shape index (κ2) is 6.89. The molecule has 0 amide bonds. The second-order valence-corrected chi connectivity index (χ2v) is 4.48. The Bertz CT molecular complexity index is 315. The molecule has 1 unspecified atom stereocenters. The minimum absolute atomic E-state index is 0.257. The van der Waals surface area contributed by atoms with Crippen molar-refractivity contribution in [1.82, 2.24) is 5.32 Å². The topological polar surface area (TPSA) is 21.3 Å². The highest BCUT2D eigenvalue weighted by molar-refractivity contribution is 6.31. The van der Waals surface area contributed by atoms with Crippen LogP contribution in [0.25, 0.3) is 0 Å². The summed E-state index contributed by atoms with van der Waals surface area (Å²) in [4.78, 5) is 0. The number of hydrogen-bond donors (Lipinski definition) is 1. The lowest BCUT2D eigenvalue weighted by Gasteiger charge is -2.18. The van der Waals surface area contributed by atoms with Crippen molar-refractivity contribution in [3.8, 4) is 0 Å². The maximum Gasteiger partial charge on any atom is 0.0518 e. The normalized spacial score (nSPS) is 13.1. The summed E-state index contributed by atoms with van der Waals surface area (Å²) in [5.41, 5.74) is 1.14. The third kappa shape index (κ3) is 4.12. The molecule has 0 aliphatic carbocycles. The van der Waals surface area contributed by atoms with E-state index in [1.807, 2.05) is 39.1 Å². The number of nitrogens with one attached hydrogen (secondary N) is 1. The Balaban J connectivity index is 2.57. The molecular formula is C13H20ClNO. The molecule has 1 atom stereocenters. The average molecular weight is 242 g/mol. The van der Waals surface area contributed by atoms with Gasteiger partial charge in [-0.25, -0.2) is 0 Å². The molecule has 0 bridgehead atoms. The molecule has 16 heavy (non-hydrogen) atoms. The fraction of sp³-hybridized carbons (Fsp3) is 0.538. The molecule has 1 aromatic rings. The summed E-state index contributed by atoms with van der Waals surface area (Å²) < 4.78 is 5.55. The van der Waals surface area contributed by atoms with E-state index >= 15 is 0 Å². The maximum atomic E-state index is 6.16. The highest BCUT2D eigenvalue weighted by Crippen LogP contribution is 2.24. The molecule has 0 fully saturated rings. The fourth-order valence-corrected chi connectivity index (χ4v) is 1.90. The van der Waals surface area contributed by atoms with E-state index in [0.29, 0.717) is 0 Å². The molecule has 0 aromatic heterocycles. The quantitative estimate of drug-likeness (QED) is 0.824. The summed E-state index contributed by atoms with van der Waals surface area (Å²) in [5, 5.41) is 4.08. The first-order chi connectivity index (χ1) is 7.65. The van der Waals surface area contributed by atoms with E-state index in [1.54, 1.807) is 0 Å².